The lowest BCUT2D eigenvalue weighted by molar-refractivity contribution is 0.425. The first-order valence-electron chi connectivity index (χ1n) is 8.72. The molecular formula is C20H23BrN6. The summed E-state index contributed by atoms with van der Waals surface area (Å²) in [5, 5.41) is 6.68. The predicted molar refractivity (Wildman–Crippen MR) is 114 cm³/mol. The maximum Gasteiger partial charge on any atom is 0.225 e. The van der Waals surface area contributed by atoms with E-state index in [2.05, 4.69) is 65.5 Å². The molecule has 0 saturated heterocycles. The first kappa shape index (κ1) is 19.3. The fraction of sp³-hybridized carbons (Fsp3) is 0.250. The Bertz CT molecular complexity index is 898. The molecule has 0 atom stereocenters. The molecule has 140 valence electrons. The summed E-state index contributed by atoms with van der Waals surface area (Å²) in [4.78, 5) is 15.6. The lowest BCUT2D eigenvalue weighted by atomic mass is 10.2. The van der Waals surface area contributed by atoms with Gasteiger partial charge in [0, 0.05) is 41.6 Å². The third-order valence-electron chi connectivity index (χ3n) is 3.91. The van der Waals surface area contributed by atoms with Crippen molar-refractivity contribution < 1.29 is 0 Å². The molecule has 7 heteroatoms. The molecule has 0 fully saturated rings. The third-order valence-corrected chi connectivity index (χ3v) is 4.57. The van der Waals surface area contributed by atoms with Gasteiger partial charge < -0.3 is 15.5 Å². The Hall–Kier alpha value is -2.51. The Morgan fingerprint density at radius 2 is 1.96 bits per heavy atom. The second kappa shape index (κ2) is 8.92. The van der Waals surface area contributed by atoms with Gasteiger partial charge in [0.2, 0.25) is 5.95 Å². The fourth-order valence-corrected chi connectivity index (χ4v) is 3.10. The molecule has 3 aromatic rings. The number of benzene rings is 1. The minimum absolute atomic E-state index is 0.587. The van der Waals surface area contributed by atoms with Gasteiger partial charge in [-0.1, -0.05) is 6.07 Å². The SMILES string of the molecule is Cc1ccc(Nc2cc(-c3cccnc3)nc(NCCN(C)C)n2)c(Br)c1. The first-order valence-corrected chi connectivity index (χ1v) is 9.52. The summed E-state index contributed by atoms with van der Waals surface area (Å²) >= 11 is 3.61. The highest BCUT2D eigenvalue weighted by molar-refractivity contribution is 9.10. The van der Waals surface area contributed by atoms with Crippen LogP contribution in [0.3, 0.4) is 0 Å². The number of hydrogen-bond acceptors (Lipinski definition) is 6. The van der Waals surface area contributed by atoms with E-state index in [9.17, 15) is 0 Å². The zero-order valence-corrected chi connectivity index (χ0v) is 17.3. The van der Waals surface area contributed by atoms with Crippen LogP contribution in [0.5, 0.6) is 0 Å². The molecule has 0 bridgehead atoms. The molecule has 0 spiro atoms. The van der Waals surface area contributed by atoms with Crippen molar-refractivity contribution in [2.75, 3.05) is 37.8 Å². The van der Waals surface area contributed by atoms with Crippen molar-refractivity contribution in [2.24, 2.45) is 0 Å². The summed E-state index contributed by atoms with van der Waals surface area (Å²) < 4.78 is 0.992. The van der Waals surface area contributed by atoms with Gasteiger partial charge in [0.25, 0.3) is 0 Å². The molecule has 0 aliphatic carbocycles. The Balaban J connectivity index is 1.91. The highest BCUT2D eigenvalue weighted by Crippen LogP contribution is 2.28. The molecule has 0 radical (unpaired) electrons. The van der Waals surface area contributed by atoms with Crippen LogP contribution < -0.4 is 10.6 Å². The second-order valence-electron chi connectivity index (χ2n) is 6.54. The summed E-state index contributed by atoms with van der Waals surface area (Å²) in [6, 6.07) is 12.0. The van der Waals surface area contributed by atoms with E-state index in [1.807, 2.05) is 38.4 Å². The molecule has 3 rings (SSSR count). The van der Waals surface area contributed by atoms with Crippen molar-refractivity contribution in [3.05, 3.63) is 58.8 Å². The van der Waals surface area contributed by atoms with Crippen LogP contribution in [0.4, 0.5) is 17.5 Å². The van der Waals surface area contributed by atoms with Gasteiger partial charge in [-0.15, -0.1) is 0 Å². The smallest absolute Gasteiger partial charge is 0.225 e. The fourth-order valence-electron chi connectivity index (χ4n) is 2.50. The number of nitrogens with zero attached hydrogens (tertiary/aromatic N) is 4. The molecule has 0 unspecified atom stereocenters. The van der Waals surface area contributed by atoms with Crippen molar-refractivity contribution in [3.8, 4) is 11.3 Å². The van der Waals surface area contributed by atoms with Crippen molar-refractivity contribution in [2.45, 2.75) is 6.92 Å². The van der Waals surface area contributed by atoms with Crippen LogP contribution in [0.25, 0.3) is 11.3 Å². The zero-order chi connectivity index (χ0) is 19.2. The number of halogens is 1. The van der Waals surface area contributed by atoms with Gasteiger partial charge >= 0.3 is 0 Å². The number of hydrogen-bond donors (Lipinski definition) is 2. The summed E-state index contributed by atoms with van der Waals surface area (Å²) in [5.74, 6) is 1.31. The summed E-state index contributed by atoms with van der Waals surface area (Å²) in [6.45, 7) is 3.72. The van der Waals surface area contributed by atoms with Crippen LogP contribution in [-0.2, 0) is 0 Å². The van der Waals surface area contributed by atoms with Crippen LogP contribution >= 0.6 is 15.9 Å². The van der Waals surface area contributed by atoms with Gasteiger partial charge in [-0.05, 0) is 66.8 Å². The number of rotatable bonds is 7. The van der Waals surface area contributed by atoms with E-state index in [1.165, 1.54) is 5.56 Å². The van der Waals surface area contributed by atoms with Crippen LogP contribution in [-0.4, -0.2) is 47.0 Å². The van der Waals surface area contributed by atoms with Gasteiger partial charge in [-0.2, -0.15) is 4.98 Å². The third kappa shape index (κ3) is 5.48. The summed E-state index contributed by atoms with van der Waals surface area (Å²) in [5.41, 5.74) is 3.91. The van der Waals surface area contributed by atoms with Gasteiger partial charge in [0.1, 0.15) is 5.82 Å². The number of aromatic nitrogens is 3. The van der Waals surface area contributed by atoms with E-state index in [0.717, 1.165) is 40.3 Å². The zero-order valence-electron chi connectivity index (χ0n) is 15.7. The van der Waals surface area contributed by atoms with Crippen molar-refractivity contribution >= 4 is 33.4 Å². The molecule has 0 amide bonds. The number of aryl methyl sites for hydroxylation is 1. The first-order chi connectivity index (χ1) is 13.0. The Kier molecular flexibility index (Phi) is 6.36. The highest BCUT2D eigenvalue weighted by atomic mass is 79.9. The Labute approximate surface area is 168 Å². The Morgan fingerprint density at radius 3 is 2.67 bits per heavy atom. The van der Waals surface area contributed by atoms with Gasteiger partial charge in [0.15, 0.2) is 0 Å². The molecule has 0 aliphatic heterocycles. The largest absolute Gasteiger partial charge is 0.353 e. The highest BCUT2D eigenvalue weighted by Gasteiger charge is 2.09. The van der Waals surface area contributed by atoms with Crippen LogP contribution in [0.15, 0.2) is 53.3 Å². The monoisotopic (exact) mass is 426 g/mol. The molecule has 2 N–H and O–H groups in total. The Morgan fingerprint density at radius 1 is 1.11 bits per heavy atom. The van der Waals surface area contributed by atoms with Crippen molar-refractivity contribution in [3.63, 3.8) is 0 Å². The summed E-state index contributed by atoms with van der Waals surface area (Å²) in [6.07, 6.45) is 3.56. The van der Waals surface area contributed by atoms with E-state index >= 15 is 0 Å². The average molecular weight is 427 g/mol. The normalized spacial score (nSPS) is 10.9. The van der Waals surface area contributed by atoms with Crippen LogP contribution in [0.1, 0.15) is 5.56 Å². The molecule has 0 aliphatic rings. The van der Waals surface area contributed by atoms with E-state index in [1.54, 1.807) is 12.4 Å². The van der Waals surface area contributed by atoms with Crippen molar-refractivity contribution in [1.82, 2.24) is 19.9 Å². The molecule has 2 heterocycles. The molecular weight excluding hydrogens is 404 g/mol. The standard InChI is InChI=1S/C20H23BrN6/c1-14-6-7-17(16(21)11-14)24-19-12-18(15-5-4-8-22-13-15)25-20(26-19)23-9-10-27(2)3/h4-8,11-13H,9-10H2,1-3H3,(H2,23,24,25,26). The predicted octanol–water partition coefficient (Wildman–Crippen LogP) is 4.33. The summed E-state index contributed by atoms with van der Waals surface area (Å²) in [7, 11) is 4.08. The minimum atomic E-state index is 0.587. The number of pyridine rings is 1. The van der Waals surface area contributed by atoms with Crippen LogP contribution in [0.2, 0.25) is 0 Å². The van der Waals surface area contributed by atoms with Crippen LogP contribution in [0, 0.1) is 6.92 Å². The quantitative estimate of drug-likeness (QED) is 0.585. The number of likely N-dealkylation sites (N-methyl/N-ethyl adjacent to an activating group) is 1. The maximum atomic E-state index is 4.65. The molecule has 0 saturated carbocycles. The van der Waals surface area contributed by atoms with E-state index in [0.29, 0.717) is 5.95 Å². The number of anilines is 3. The van der Waals surface area contributed by atoms with E-state index in [4.69, 9.17) is 0 Å². The molecule has 27 heavy (non-hydrogen) atoms. The van der Waals surface area contributed by atoms with Gasteiger partial charge in [-0.25, -0.2) is 4.98 Å². The molecule has 2 aromatic heterocycles. The minimum Gasteiger partial charge on any atom is -0.353 e. The lowest BCUT2D eigenvalue weighted by Gasteiger charge is -2.14. The van der Waals surface area contributed by atoms with Gasteiger partial charge in [0.05, 0.1) is 11.4 Å². The van der Waals surface area contributed by atoms with Crippen molar-refractivity contribution in [1.29, 1.82) is 0 Å². The van der Waals surface area contributed by atoms with Gasteiger partial charge in [-0.3, -0.25) is 4.98 Å². The lowest BCUT2D eigenvalue weighted by Crippen LogP contribution is -2.21. The topological polar surface area (TPSA) is 66.0 Å². The van der Waals surface area contributed by atoms with E-state index < -0.39 is 0 Å². The number of nitrogens with one attached hydrogen (secondary N) is 2. The molecule has 6 nitrogen and oxygen atoms in total. The average Bonchev–Trinajstić information content (AvgIpc) is 2.64. The second-order valence-corrected chi connectivity index (χ2v) is 7.40. The van der Waals surface area contributed by atoms with E-state index in [-0.39, 0.29) is 0 Å². The molecule has 1 aromatic carbocycles. The maximum absolute atomic E-state index is 4.65.